The van der Waals surface area contributed by atoms with Crippen molar-refractivity contribution in [2.24, 2.45) is 0 Å². The topological polar surface area (TPSA) is 32.7 Å². The molecule has 1 fully saturated rings. The van der Waals surface area contributed by atoms with E-state index in [4.69, 9.17) is 4.74 Å². The van der Waals surface area contributed by atoms with Crippen molar-refractivity contribution < 1.29 is 9.84 Å². The van der Waals surface area contributed by atoms with Crippen molar-refractivity contribution in [3.63, 3.8) is 0 Å². The van der Waals surface area contributed by atoms with Crippen molar-refractivity contribution in [1.82, 2.24) is 4.90 Å². The lowest BCUT2D eigenvalue weighted by atomic mass is 10.0. The number of aliphatic hydroxyl groups is 1. The maximum Gasteiger partial charge on any atom is 0.205 e. The van der Waals surface area contributed by atoms with E-state index in [1.54, 1.807) is 0 Å². The van der Waals surface area contributed by atoms with Gasteiger partial charge in [0.2, 0.25) is 5.79 Å². The molecule has 1 aliphatic rings. The Morgan fingerprint density at radius 1 is 1.00 bits per heavy atom. The van der Waals surface area contributed by atoms with Crippen molar-refractivity contribution in [1.29, 1.82) is 0 Å². The highest BCUT2D eigenvalue weighted by molar-refractivity contribution is 5.69. The van der Waals surface area contributed by atoms with Gasteiger partial charge in [-0.25, -0.2) is 0 Å². The molecule has 2 aromatic rings. The van der Waals surface area contributed by atoms with E-state index in [-0.39, 0.29) is 0 Å². The summed E-state index contributed by atoms with van der Waals surface area (Å²) in [4.78, 5) is 2.08. The predicted molar refractivity (Wildman–Crippen MR) is 89.2 cm³/mol. The summed E-state index contributed by atoms with van der Waals surface area (Å²) in [5, 5.41) is 10.6. The summed E-state index contributed by atoms with van der Waals surface area (Å²) in [5.41, 5.74) is 3.07. The van der Waals surface area contributed by atoms with Crippen LogP contribution in [0.25, 0.3) is 12.2 Å². The highest BCUT2D eigenvalue weighted by Gasteiger charge is 2.34. The van der Waals surface area contributed by atoms with Crippen molar-refractivity contribution in [2.75, 3.05) is 26.7 Å². The molecule has 1 unspecified atom stereocenters. The zero-order valence-electron chi connectivity index (χ0n) is 12.8. The Morgan fingerprint density at radius 2 is 1.64 bits per heavy atom. The van der Waals surface area contributed by atoms with Crippen molar-refractivity contribution >= 4 is 12.2 Å². The molecule has 0 amide bonds. The number of β-amino-alcohol motifs (C(OH)–C–C–N with tert-alkyl or cyclic N) is 1. The molecule has 3 rings (SSSR count). The average Bonchev–Trinajstić information content (AvgIpc) is 2.54. The second-order valence-corrected chi connectivity index (χ2v) is 5.74. The molecular formula is C19H21NO2. The second kappa shape index (κ2) is 6.44. The fourth-order valence-corrected chi connectivity index (χ4v) is 2.65. The van der Waals surface area contributed by atoms with Gasteiger partial charge in [0.05, 0.1) is 13.2 Å². The minimum atomic E-state index is -1.20. The van der Waals surface area contributed by atoms with Gasteiger partial charge >= 0.3 is 0 Å². The van der Waals surface area contributed by atoms with Gasteiger partial charge in [-0.05, 0) is 18.2 Å². The molecular weight excluding hydrogens is 274 g/mol. The van der Waals surface area contributed by atoms with Gasteiger partial charge in [-0.1, -0.05) is 66.7 Å². The van der Waals surface area contributed by atoms with Crippen molar-refractivity contribution in [3.05, 3.63) is 71.3 Å². The van der Waals surface area contributed by atoms with Crippen LogP contribution in [0.2, 0.25) is 0 Å². The molecule has 1 aliphatic heterocycles. The number of ether oxygens (including phenoxy) is 1. The van der Waals surface area contributed by atoms with E-state index in [2.05, 4.69) is 29.2 Å². The number of rotatable bonds is 3. The van der Waals surface area contributed by atoms with Crippen molar-refractivity contribution in [2.45, 2.75) is 5.79 Å². The van der Waals surface area contributed by atoms with Crippen LogP contribution in [0.3, 0.4) is 0 Å². The van der Waals surface area contributed by atoms with Gasteiger partial charge in [0, 0.05) is 12.1 Å². The smallest absolute Gasteiger partial charge is 0.205 e. The maximum atomic E-state index is 10.6. The molecule has 0 saturated carbocycles. The third kappa shape index (κ3) is 3.45. The third-order valence-corrected chi connectivity index (χ3v) is 3.93. The van der Waals surface area contributed by atoms with Crippen LogP contribution in [0.5, 0.6) is 0 Å². The number of morpholine rings is 1. The number of nitrogens with zero attached hydrogens (tertiary/aromatic N) is 1. The molecule has 3 heteroatoms. The molecule has 1 saturated heterocycles. The standard InChI is InChI=1S/C19H21NO2/c1-20-13-14-22-19(21,15-20)18-11-9-17(10-12-18)8-7-16-5-3-2-4-6-16/h2-12,21H,13-15H2,1H3/b8-7+. The molecule has 1 heterocycles. The molecule has 1 N–H and O–H groups in total. The minimum absolute atomic E-state index is 0.492. The Balaban J connectivity index is 1.74. The molecule has 3 nitrogen and oxygen atoms in total. The van der Waals surface area contributed by atoms with E-state index in [1.165, 1.54) is 5.56 Å². The van der Waals surface area contributed by atoms with Crippen LogP contribution in [0.1, 0.15) is 16.7 Å². The number of likely N-dealkylation sites (N-methyl/N-ethyl adjacent to an activating group) is 1. The molecule has 2 aromatic carbocycles. The van der Waals surface area contributed by atoms with Gasteiger partial charge in [0.1, 0.15) is 0 Å². The van der Waals surface area contributed by atoms with E-state index in [1.807, 2.05) is 49.5 Å². The summed E-state index contributed by atoms with van der Waals surface area (Å²) in [5.74, 6) is -1.20. The van der Waals surface area contributed by atoms with E-state index in [0.29, 0.717) is 13.2 Å². The van der Waals surface area contributed by atoms with Crippen LogP contribution >= 0.6 is 0 Å². The second-order valence-electron chi connectivity index (χ2n) is 5.74. The quantitative estimate of drug-likeness (QED) is 0.884. The van der Waals surface area contributed by atoms with Crippen LogP contribution in [0, 0.1) is 0 Å². The molecule has 1 atom stereocenters. The number of hydrogen-bond acceptors (Lipinski definition) is 3. The Labute approximate surface area is 131 Å². The first kappa shape index (κ1) is 15.0. The van der Waals surface area contributed by atoms with Crippen molar-refractivity contribution in [3.8, 4) is 0 Å². The Kier molecular flexibility index (Phi) is 4.39. The largest absolute Gasteiger partial charge is 0.361 e. The summed E-state index contributed by atoms with van der Waals surface area (Å²) in [6.07, 6.45) is 4.14. The summed E-state index contributed by atoms with van der Waals surface area (Å²) >= 11 is 0. The van der Waals surface area contributed by atoms with E-state index in [9.17, 15) is 5.11 Å². The van der Waals surface area contributed by atoms with Gasteiger partial charge in [-0.2, -0.15) is 0 Å². The van der Waals surface area contributed by atoms with Gasteiger partial charge < -0.3 is 9.84 Å². The van der Waals surface area contributed by atoms with Gasteiger partial charge in [0.25, 0.3) is 0 Å². The van der Waals surface area contributed by atoms with Crippen LogP contribution in [0.4, 0.5) is 0 Å². The average molecular weight is 295 g/mol. The van der Waals surface area contributed by atoms with Crippen LogP contribution < -0.4 is 0 Å². The Morgan fingerprint density at radius 3 is 2.27 bits per heavy atom. The monoisotopic (exact) mass is 295 g/mol. The lowest BCUT2D eigenvalue weighted by molar-refractivity contribution is -0.245. The molecule has 0 aromatic heterocycles. The lowest BCUT2D eigenvalue weighted by Crippen LogP contribution is -2.48. The number of hydrogen-bond donors (Lipinski definition) is 1. The van der Waals surface area contributed by atoms with Crippen LogP contribution in [0.15, 0.2) is 54.6 Å². The zero-order valence-corrected chi connectivity index (χ0v) is 12.8. The first-order valence-electron chi connectivity index (χ1n) is 7.54. The molecule has 22 heavy (non-hydrogen) atoms. The normalized spacial score (nSPS) is 23.0. The predicted octanol–water partition coefficient (Wildman–Crippen LogP) is 2.96. The SMILES string of the molecule is CN1CCOC(O)(c2ccc(/C=C/c3ccccc3)cc2)C1. The van der Waals surface area contributed by atoms with Gasteiger partial charge in [0.15, 0.2) is 0 Å². The van der Waals surface area contributed by atoms with E-state index >= 15 is 0 Å². The van der Waals surface area contributed by atoms with Crippen LogP contribution in [-0.4, -0.2) is 36.8 Å². The summed E-state index contributed by atoms with van der Waals surface area (Å²) in [7, 11) is 1.99. The zero-order chi connectivity index (χ0) is 15.4. The van der Waals surface area contributed by atoms with E-state index < -0.39 is 5.79 Å². The summed E-state index contributed by atoms with van der Waals surface area (Å²) in [6, 6.07) is 18.1. The summed E-state index contributed by atoms with van der Waals surface area (Å²) < 4.78 is 5.59. The fraction of sp³-hybridized carbons (Fsp3) is 0.263. The van der Waals surface area contributed by atoms with Gasteiger partial charge in [-0.3, -0.25) is 4.90 Å². The first-order chi connectivity index (χ1) is 10.7. The third-order valence-electron chi connectivity index (χ3n) is 3.93. The maximum absolute atomic E-state index is 10.6. The van der Waals surface area contributed by atoms with Crippen LogP contribution in [-0.2, 0) is 10.5 Å². The highest BCUT2D eigenvalue weighted by Crippen LogP contribution is 2.27. The molecule has 0 aliphatic carbocycles. The molecule has 0 radical (unpaired) electrons. The highest BCUT2D eigenvalue weighted by atomic mass is 16.6. The van der Waals surface area contributed by atoms with E-state index in [0.717, 1.165) is 17.7 Å². The minimum Gasteiger partial charge on any atom is -0.361 e. The summed E-state index contributed by atoms with van der Waals surface area (Å²) in [6.45, 7) is 1.88. The lowest BCUT2D eigenvalue weighted by Gasteiger charge is -2.37. The fourth-order valence-electron chi connectivity index (χ4n) is 2.65. The molecule has 0 spiro atoms. The Bertz CT molecular complexity index is 636. The van der Waals surface area contributed by atoms with Gasteiger partial charge in [-0.15, -0.1) is 0 Å². The molecule has 0 bridgehead atoms. The Hall–Kier alpha value is -1.94. The number of benzene rings is 2. The first-order valence-corrected chi connectivity index (χ1v) is 7.54. The molecule has 114 valence electrons.